The summed E-state index contributed by atoms with van der Waals surface area (Å²) in [6.07, 6.45) is 1.16. The van der Waals surface area contributed by atoms with E-state index in [1.54, 1.807) is 31.9 Å². The summed E-state index contributed by atoms with van der Waals surface area (Å²) in [5, 5.41) is 10.7. The fourth-order valence-electron chi connectivity index (χ4n) is 4.45. The lowest BCUT2D eigenvalue weighted by molar-refractivity contribution is 0.222. The number of anilines is 1. The van der Waals surface area contributed by atoms with Crippen molar-refractivity contribution in [1.82, 2.24) is 14.8 Å². The lowest BCUT2D eigenvalue weighted by Crippen LogP contribution is -2.32. The van der Waals surface area contributed by atoms with Crippen molar-refractivity contribution in [2.75, 3.05) is 19.5 Å². The van der Waals surface area contributed by atoms with Gasteiger partial charge in [0, 0.05) is 26.6 Å². The van der Waals surface area contributed by atoms with Gasteiger partial charge in [0.05, 0.1) is 19.9 Å². The Morgan fingerprint density at radius 3 is 2.76 bits per heavy atom. The van der Waals surface area contributed by atoms with Crippen LogP contribution >= 0.6 is 22.9 Å². The van der Waals surface area contributed by atoms with Crippen LogP contribution in [-0.2, 0) is 0 Å². The predicted octanol–water partition coefficient (Wildman–Crippen LogP) is 5.57. The number of nitrogens with zero attached hydrogens (tertiary/aromatic N) is 3. The minimum absolute atomic E-state index is 0.191. The largest absolute Gasteiger partial charge is 0.493 e. The summed E-state index contributed by atoms with van der Waals surface area (Å²) in [5.41, 5.74) is 3.78. The van der Waals surface area contributed by atoms with E-state index in [1.165, 1.54) is 0 Å². The Morgan fingerprint density at radius 2 is 1.97 bits per heavy atom. The summed E-state index contributed by atoms with van der Waals surface area (Å²) < 4.78 is 19.5. The Morgan fingerprint density at radius 1 is 1.09 bits per heavy atom. The SMILES string of the molecule is COc1ccc([C@H]2Oc3ccc(Cl)cc3C3=C2[C@@H](c2cccs2)n2ncnc2N3)cc1OC. The molecule has 2 aliphatic rings. The van der Waals surface area contributed by atoms with Crippen molar-refractivity contribution in [2.45, 2.75) is 12.1 Å². The van der Waals surface area contributed by atoms with Crippen LogP contribution in [-0.4, -0.2) is 29.0 Å². The number of nitrogens with one attached hydrogen (secondary N) is 1. The molecule has 2 aliphatic heterocycles. The number of ether oxygens (including phenoxy) is 3. The van der Waals surface area contributed by atoms with Gasteiger partial charge in [-0.25, -0.2) is 4.68 Å². The zero-order valence-corrected chi connectivity index (χ0v) is 19.4. The molecule has 0 aliphatic carbocycles. The van der Waals surface area contributed by atoms with E-state index < -0.39 is 6.10 Å². The van der Waals surface area contributed by atoms with Crippen molar-refractivity contribution < 1.29 is 14.2 Å². The molecule has 6 rings (SSSR count). The second-order valence-electron chi connectivity index (χ2n) is 7.65. The summed E-state index contributed by atoms with van der Waals surface area (Å²) in [6.45, 7) is 0. The first-order valence-corrected chi connectivity index (χ1v) is 11.6. The second kappa shape index (κ2) is 7.83. The lowest BCUT2D eigenvalue weighted by Gasteiger charge is -2.38. The molecule has 0 bridgehead atoms. The molecule has 7 nitrogen and oxygen atoms in total. The fourth-order valence-corrected chi connectivity index (χ4v) is 5.45. The van der Waals surface area contributed by atoms with Crippen molar-refractivity contribution in [3.8, 4) is 17.2 Å². The standard InChI is InChI=1S/C24H19ClN4O3S/c1-30-17-7-5-13(10-18(17)31-2)23-20-21(15-11-14(25)6-8-16(15)32-23)28-24-26-12-27-29(24)22(20)19-4-3-9-33-19/h3-12,22-23H,1-2H3,(H,26,27,28)/t22-,23-/m1/s1. The fraction of sp³-hybridized carbons (Fsp3) is 0.167. The molecule has 4 aromatic rings. The van der Waals surface area contributed by atoms with Gasteiger partial charge in [-0.1, -0.05) is 23.7 Å². The van der Waals surface area contributed by atoms with Gasteiger partial charge in [-0.15, -0.1) is 11.3 Å². The van der Waals surface area contributed by atoms with Crippen LogP contribution in [0.4, 0.5) is 5.95 Å². The van der Waals surface area contributed by atoms with Crippen molar-refractivity contribution in [3.63, 3.8) is 0 Å². The Labute approximate surface area is 199 Å². The molecule has 0 unspecified atom stereocenters. The van der Waals surface area contributed by atoms with Crippen molar-refractivity contribution in [2.24, 2.45) is 0 Å². The van der Waals surface area contributed by atoms with E-state index in [0.29, 0.717) is 22.5 Å². The quantitative estimate of drug-likeness (QED) is 0.413. The van der Waals surface area contributed by atoms with Crippen LogP contribution in [0.2, 0.25) is 5.02 Å². The third-order valence-electron chi connectivity index (χ3n) is 5.90. The first kappa shape index (κ1) is 20.1. The van der Waals surface area contributed by atoms with Gasteiger partial charge < -0.3 is 19.5 Å². The average Bonchev–Trinajstić information content (AvgIpc) is 3.54. The summed E-state index contributed by atoms with van der Waals surface area (Å²) in [5.74, 6) is 2.71. The number of methoxy groups -OCH3 is 2. The molecule has 2 aromatic heterocycles. The Hall–Kier alpha value is -3.49. The minimum Gasteiger partial charge on any atom is -0.493 e. The Kier molecular flexibility index (Phi) is 4.78. The van der Waals surface area contributed by atoms with Crippen LogP contribution < -0.4 is 19.5 Å². The monoisotopic (exact) mass is 478 g/mol. The normalized spacial score (nSPS) is 18.5. The first-order chi connectivity index (χ1) is 16.2. The maximum Gasteiger partial charge on any atom is 0.226 e. The topological polar surface area (TPSA) is 70.4 Å². The number of thiophene rings is 1. The molecule has 0 spiro atoms. The molecule has 0 radical (unpaired) electrons. The van der Waals surface area contributed by atoms with Crippen LogP contribution in [0.1, 0.15) is 28.1 Å². The highest BCUT2D eigenvalue weighted by molar-refractivity contribution is 7.10. The van der Waals surface area contributed by atoms with E-state index in [0.717, 1.165) is 33.0 Å². The van der Waals surface area contributed by atoms with Gasteiger partial charge in [-0.3, -0.25) is 0 Å². The minimum atomic E-state index is -0.398. The smallest absolute Gasteiger partial charge is 0.226 e. The number of hydrogen-bond acceptors (Lipinski definition) is 7. The Balaban J connectivity index is 1.61. The van der Waals surface area contributed by atoms with Gasteiger partial charge >= 0.3 is 0 Å². The molecule has 0 amide bonds. The molecular formula is C24H19ClN4O3S. The van der Waals surface area contributed by atoms with Gasteiger partial charge in [0.1, 0.15) is 24.2 Å². The molecule has 166 valence electrons. The average molecular weight is 479 g/mol. The highest BCUT2D eigenvalue weighted by atomic mass is 35.5. The van der Waals surface area contributed by atoms with Crippen LogP contribution in [0.15, 0.2) is 65.8 Å². The summed E-state index contributed by atoms with van der Waals surface area (Å²) in [6, 6.07) is 15.5. The second-order valence-corrected chi connectivity index (χ2v) is 9.07. The first-order valence-electron chi connectivity index (χ1n) is 10.3. The van der Waals surface area contributed by atoms with Crippen LogP contribution in [0.25, 0.3) is 5.70 Å². The van der Waals surface area contributed by atoms with Crippen LogP contribution in [0.5, 0.6) is 17.2 Å². The third-order valence-corrected chi connectivity index (χ3v) is 7.06. The zero-order valence-electron chi connectivity index (χ0n) is 17.8. The highest BCUT2D eigenvalue weighted by Crippen LogP contribution is 2.52. The summed E-state index contributed by atoms with van der Waals surface area (Å²) in [7, 11) is 3.25. The maximum atomic E-state index is 6.63. The number of aromatic nitrogens is 3. The molecule has 0 saturated heterocycles. The molecule has 0 saturated carbocycles. The predicted molar refractivity (Wildman–Crippen MR) is 127 cm³/mol. The van der Waals surface area contributed by atoms with Crippen molar-refractivity contribution >= 4 is 34.6 Å². The number of fused-ring (bicyclic) bond motifs is 3. The molecule has 0 fully saturated rings. The molecular weight excluding hydrogens is 460 g/mol. The number of halogens is 1. The molecule has 2 aromatic carbocycles. The van der Waals surface area contributed by atoms with E-state index in [4.69, 9.17) is 25.8 Å². The van der Waals surface area contributed by atoms with E-state index in [9.17, 15) is 0 Å². The van der Waals surface area contributed by atoms with E-state index >= 15 is 0 Å². The highest BCUT2D eigenvalue weighted by Gasteiger charge is 2.41. The van der Waals surface area contributed by atoms with Gasteiger partial charge in [0.2, 0.25) is 5.95 Å². The number of rotatable bonds is 4. The molecule has 9 heteroatoms. The molecule has 33 heavy (non-hydrogen) atoms. The van der Waals surface area contributed by atoms with Crippen LogP contribution in [0.3, 0.4) is 0 Å². The summed E-state index contributed by atoms with van der Waals surface area (Å²) in [4.78, 5) is 5.59. The van der Waals surface area contributed by atoms with Gasteiger partial charge in [-0.05, 0) is 41.8 Å². The summed E-state index contributed by atoms with van der Waals surface area (Å²) >= 11 is 8.05. The third kappa shape index (κ3) is 3.17. The number of hydrogen-bond donors (Lipinski definition) is 1. The lowest BCUT2D eigenvalue weighted by atomic mass is 9.87. The van der Waals surface area contributed by atoms with Crippen LogP contribution in [0, 0.1) is 0 Å². The molecule has 2 atom stereocenters. The zero-order chi connectivity index (χ0) is 22.5. The van der Waals surface area contributed by atoms with E-state index in [2.05, 4.69) is 26.8 Å². The van der Waals surface area contributed by atoms with Crippen molar-refractivity contribution in [3.05, 3.63) is 86.8 Å². The molecule has 4 heterocycles. The van der Waals surface area contributed by atoms with Gasteiger partial charge in [-0.2, -0.15) is 10.1 Å². The molecule has 1 N–H and O–H groups in total. The van der Waals surface area contributed by atoms with Gasteiger partial charge in [0.15, 0.2) is 11.5 Å². The van der Waals surface area contributed by atoms with Crippen molar-refractivity contribution in [1.29, 1.82) is 0 Å². The van der Waals surface area contributed by atoms with Gasteiger partial charge in [0.25, 0.3) is 0 Å². The maximum absolute atomic E-state index is 6.63. The van der Waals surface area contributed by atoms with E-state index in [-0.39, 0.29) is 6.04 Å². The Bertz CT molecular complexity index is 1380. The number of benzene rings is 2. The van der Waals surface area contributed by atoms with E-state index in [1.807, 2.05) is 47.1 Å².